The summed E-state index contributed by atoms with van der Waals surface area (Å²) in [5.41, 5.74) is 2.06. The minimum Gasteiger partial charge on any atom is -0.258 e. The van der Waals surface area contributed by atoms with E-state index in [2.05, 4.69) is 16.0 Å². The minimum absolute atomic E-state index is 0.121. The van der Waals surface area contributed by atoms with Crippen LogP contribution in [0, 0.1) is 24.0 Å². The molecule has 0 fully saturated rings. The summed E-state index contributed by atoms with van der Waals surface area (Å²) in [5.74, 6) is 0. The van der Waals surface area contributed by atoms with Crippen LogP contribution < -0.4 is 0 Å². The number of thiazole rings is 2. The lowest BCUT2D eigenvalue weighted by molar-refractivity contribution is -0.384. The molecule has 0 aliphatic heterocycles. The Balaban J connectivity index is 0.000000140. The summed E-state index contributed by atoms with van der Waals surface area (Å²) < 4.78 is 2.15. The van der Waals surface area contributed by atoms with E-state index >= 15 is 0 Å². The molecule has 0 saturated heterocycles. The maximum Gasteiger partial charge on any atom is 0.270 e. The number of aryl methyl sites for hydroxylation is 2. The van der Waals surface area contributed by atoms with Gasteiger partial charge in [0.2, 0.25) is 0 Å². The minimum atomic E-state index is -0.394. The first-order valence-electron chi connectivity index (χ1n) is 6.87. The highest BCUT2D eigenvalue weighted by molar-refractivity contribution is 7.18. The van der Waals surface area contributed by atoms with Crippen LogP contribution in [0.1, 0.15) is 10.0 Å². The Kier molecular flexibility index (Phi) is 4.31. The number of nitro groups is 1. The molecule has 0 aliphatic rings. The lowest BCUT2D eigenvalue weighted by Crippen LogP contribution is -1.85. The fourth-order valence-corrected chi connectivity index (χ4v) is 3.82. The van der Waals surface area contributed by atoms with Crippen LogP contribution in [-0.4, -0.2) is 14.9 Å². The Labute approximate surface area is 140 Å². The third-order valence-electron chi connectivity index (χ3n) is 3.09. The molecule has 2 heterocycles. The van der Waals surface area contributed by atoms with Crippen LogP contribution >= 0.6 is 22.7 Å². The molecular weight excluding hydrogens is 330 g/mol. The van der Waals surface area contributed by atoms with E-state index in [1.165, 1.54) is 22.1 Å². The summed E-state index contributed by atoms with van der Waals surface area (Å²) in [5, 5.41) is 12.5. The molecule has 0 saturated carbocycles. The van der Waals surface area contributed by atoms with E-state index < -0.39 is 4.92 Å². The van der Waals surface area contributed by atoms with Gasteiger partial charge in [-0.1, -0.05) is 12.1 Å². The summed E-state index contributed by atoms with van der Waals surface area (Å²) >= 11 is 3.21. The van der Waals surface area contributed by atoms with Crippen molar-refractivity contribution in [1.82, 2.24) is 9.97 Å². The van der Waals surface area contributed by atoms with Crippen molar-refractivity contribution in [3.8, 4) is 0 Å². The largest absolute Gasteiger partial charge is 0.270 e. The van der Waals surface area contributed by atoms with Crippen molar-refractivity contribution in [2.45, 2.75) is 13.8 Å². The highest BCUT2D eigenvalue weighted by Gasteiger charge is 2.08. The van der Waals surface area contributed by atoms with Crippen molar-refractivity contribution >= 4 is 48.8 Å². The molecule has 4 aromatic rings. The van der Waals surface area contributed by atoms with Crippen LogP contribution in [0.4, 0.5) is 5.69 Å². The molecule has 7 heteroatoms. The quantitative estimate of drug-likeness (QED) is 0.355. The van der Waals surface area contributed by atoms with Crippen LogP contribution in [0.2, 0.25) is 0 Å². The number of non-ortho nitro benzene ring substituents is 1. The molecule has 0 radical (unpaired) electrons. The molecule has 5 nitrogen and oxygen atoms in total. The number of hydrogen-bond donors (Lipinski definition) is 0. The van der Waals surface area contributed by atoms with Gasteiger partial charge in [-0.3, -0.25) is 10.1 Å². The van der Waals surface area contributed by atoms with Crippen molar-refractivity contribution < 1.29 is 4.92 Å². The van der Waals surface area contributed by atoms with E-state index in [4.69, 9.17) is 0 Å². The third-order valence-corrected chi connectivity index (χ3v) is 4.98. The van der Waals surface area contributed by atoms with E-state index in [9.17, 15) is 10.1 Å². The summed E-state index contributed by atoms with van der Waals surface area (Å²) in [6.07, 6.45) is 0. The smallest absolute Gasteiger partial charge is 0.258 e. The van der Waals surface area contributed by atoms with E-state index in [1.54, 1.807) is 23.5 Å². The summed E-state index contributed by atoms with van der Waals surface area (Å²) in [6.45, 7) is 3.92. The molecule has 0 unspecified atom stereocenters. The Hall–Kier alpha value is -2.38. The van der Waals surface area contributed by atoms with E-state index in [0.717, 1.165) is 25.7 Å². The lowest BCUT2D eigenvalue weighted by Gasteiger charge is -1.89. The van der Waals surface area contributed by atoms with Crippen LogP contribution in [-0.2, 0) is 0 Å². The Morgan fingerprint density at radius 2 is 1.52 bits per heavy atom. The average Bonchev–Trinajstić information content (AvgIpc) is 3.06. The van der Waals surface area contributed by atoms with Gasteiger partial charge in [0.25, 0.3) is 5.69 Å². The number of hydrogen-bond acceptors (Lipinski definition) is 6. The van der Waals surface area contributed by atoms with Gasteiger partial charge in [0.1, 0.15) is 0 Å². The van der Waals surface area contributed by atoms with Crippen molar-refractivity contribution in [3.05, 3.63) is 62.6 Å². The fourth-order valence-electron chi connectivity index (χ4n) is 2.13. The predicted molar refractivity (Wildman–Crippen MR) is 95.4 cm³/mol. The van der Waals surface area contributed by atoms with Gasteiger partial charge in [-0.15, -0.1) is 22.7 Å². The lowest BCUT2D eigenvalue weighted by atomic mass is 10.3. The standard InChI is InChI=1S/C8H6N2O2S.C8H7NS/c1-5-9-7-3-2-6(10(11)12)4-8(7)13-5;1-6-9-7-4-2-3-5-8(7)10-6/h2-4H,1H3;2-5H,1H3. The molecule has 2 aromatic carbocycles. The molecule has 4 rings (SSSR count). The monoisotopic (exact) mass is 343 g/mol. The van der Waals surface area contributed by atoms with E-state index in [1.807, 2.05) is 32.0 Å². The normalized spacial score (nSPS) is 10.5. The zero-order chi connectivity index (χ0) is 16.4. The molecule has 23 heavy (non-hydrogen) atoms. The van der Waals surface area contributed by atoms with Gasteiger partial charge < -0.3 is 0 Å². The molecule has 0 atom stereocenters. The van der Waals surface area contributed by atoms with Gasteiger partial charge in [0.15, 0.2) is 0 Å². The molecule has 0 amide bonds. The highest BCUT2D eigenvalue weighted by atomic mass is 32.1. The van der Waals surface area contributed by atoms with Crippen molar-refractivity contribution in [2.75, 3.05) is 0 Å². The second-order valence-corrected chi connectivity index (χ2v) is 7.31. The van der Waals surface area contributed by atoms with Gasteiger partial charge in [-0.25, -0.2) is 9.97 Å². The number of nitro benzene ring substituents is 1. The highest BCUT2D eigenvalue weighted by Crippen LogP contribution is 2.25. The first-order valence-corrected chi connectivity index (χ1v) is 8.50. The van der Waals surface area contributed by atoms with Gasteiger partial charge in [-0.05, 0) is 32.0 Å². The topological polar surface area (TPSA) is 68.9 Å². The number of benzene rings is 2. The summed E-state index contributed by atoms with van der Waals surface area (Å²) in [7, 11) is 0. The Morgan fingerprint density at radius 1 is 0.913 bits per heavy atom. The summed E-state index contributed by atoms with van der Waals surface area (Å²) in [4.78, 5) is 18.6. The number of para-hydroxylation sites is 1. The van der Waals surface area contributed by atoms with Gasteiger partial charge in [-0.2, -0.15) is 0 Å². The molecule has 0 spiro atoms. The summed E-state index contributed by atoms with van der Waals surface area (Å²) in [6, 6.07) is 12.9. The van der Waals surface area contributed by atoms with Gasteiger partial charge >= 0.3 is 0 Å². The van der Waals surface area contributed by atoms with Crippen LogP contribution in [0.5, 0.6) is 0 Å². The molecule has 2 aromatic heterocycles. The van der Waals surface area contributed by atoms with Crippen LogP contribution in [0.3, 0.4) is 0 Å². The first-order chi connectivity index (χ1) is 11.0. The average molecular weight is 343 g/mol. The molecule has 0 N–H and O–H groups in total. The Morgan fingerprint density at radius 3 is 2.17 bits per heavy atom. The van der Waals surface area contributed by atoms with Crippen LogP contribution in [0.15, 0.2) is 42.5 Å². The fraction of sp³-hybridized carbons (Fsp3) is 0.125. The molecule has 0 aliphatic carbocycles. The van der Waals surface area contributed by atoms with Crippen molar-refractivity contribution in [3.63, 3.8) is 0 Å². The van der Waals surface area contributed by atoms with Crippen molar-refractivity contribution in [1.29, 1.82) is 0 Å². The first kappa shape index (κ1) is 15.5. The Bertz CT molecular complexity index is 958. The predicted octanol–water partition coefficient (Wildman–Crippen LogP) is 5.12. The number of fused-ring (bicyclic) bond motifs is 2. The second kappa shape index (κ2) is 6.39. The number of rotatable bonds is 1. The van der Waals surface area contributed by atoms with Gasteiger partial charge in [0, 0.05) is 12.1 Å². The van der Waals surface area contributed by atoms with Gasteiger partial charge in [0.05, 0.1) is 35.4 Å². The maximum atomic E-state index is 10.4. The third kappa shape index (κ3) is 3.52. The van der Waals surface area contributed by atoms with E-state index in [-0.39, 0.29) is 5.69 Å². The zero-order valence-corrected chi connectivity index (χ0v) is 14.1. The van der Waals surface area contributed by atoms with E-state index in [0.29, 0.717) is 0 Å². The number of nitrogens with zero attached hydrogens (tertiary/aromatic N) is 3. The second-order valence-electron chi connectivity index (χ2n) is 4.84. The maximum absolute atomic E-state index is 10.4. The van der Waals surface area contributed by atoms with Crippen LogP contribution in [0.25, 0.3) is 20.4 Å². The SMILES string of the molecule is Cc1nc2ccc([N+](=O)[O-])cc2s1.Cc1nc2ccccc2s1. The molecular formula is C16H13N3O2S2. The molecule has 116 valence electrons. The van der Waals surface area contributed by atoms with Crippen molar-refractivity contribution in [2.24, 2.45) is 0 Å². The molecule has 0 bridgehead atoms. The zero-order valence-electron chi connectivity index (χ0n) is 12.5. The number of aromatic nitrogens is 2.